The van der Waals surface area contributed by atoms with Crippen LogP contribution in [0.15, 0.2) is 26.0 Å². The lowest BCUT2D eigenvalue weighted by Gasteiger charge is -2.24. The molecule has 0 radical (unpaired) electrons. The number of carboxylic acids is 1. The van der Waals surface area contributed by atoms with E-state index in [4.69, 9.17) is 5.11 Å². The first-order chi connectivity index (χ1) is 8.94. The highest BCUT2D eigenvalue weighted by atomic mass is 79.9. The van der Waals surface area contributed by atoms with Crippen molar-refractivity contribution in [3.63, 3.8) is 0 Å². The molecule has 0 saturated heterocycles. The summed E-state index contributed by atoms with van der Waals surface area (Å²) in [5, 5.41) is 8.80. The predicted octanol–water partition coefficient (Wildman–Crippen LogP) is 3.05. The van der Waals surface area contributed by atoms with Crippen LogP contribution in [0.25, 0.3) is 0 Å². The summed E-state index contributed by atoms with van der Waals surface area (Å²) in [4.78, 5) is 10.8. The first-order valence-corrected chi connectivity index (χ1v) is 8.73. The highest BCUT2D eigenvalue weighted by Crippen LogP contribution is 2.29. The fraction of sp³-hybridized carbons (Fsp3) is 0.417. The molecule has 0 spiro atoms. The van der Waals surface area contributed by atoms with Gasteiger partial charge in [0.2, 0.25) is 10.0 Å². The van der Waals surface area contributed by atoms with Crippen LogP contribution in [-0.4, -0.2) is 25.0 Å². The normalized spacial score (nSPS) is 12.4. The van der Waals surface area contributed by atoms with Gasteiger partial charge in [0.1, 0.15) is 0 Å². The average molecular weight is 429 g/mol. The van der Waals surface area contributed by atoms with Crippen LogP contribution in [0.3, 0.4) is 0 Å². The number of halogens is 2. The number of nitrogens with one attached hydrogen (secondary N) is 1. The van der Waals surface area contributed by atoms with E-state index in [0.29, 0.717) is 8.95 Å². The van der Waals surface area contributed by atoms with Crippen molar-refractivity contribution in [1.29, 1.82) is 0 Å². The number of aliphatic carboxylic acids is 1. The first kappa shape index (κ1) is 17.6. The number of sulfonamides is 1. The Labute approximate surface area is 135 Å². The summed E-state index contributed by atoms with van der Waals surface area (Å²) in [7, 11) is -3.82. The summed E-state index contributed by atoms with van der Waals surface area (Å²) in [5.41, 5.74) is -0.192. The van der Waals surface area contributed by atoms with Crippen molar-refractivity contribution in [1.82, 2.24) is 4.72 Å². The van der Waals surface area contributed by atoms with Gasteiger partial charge >= 0.3 is 5.97 Å². The summed E-state index contributed by atoms with van der Waals surface area (Å²) in [6.07, 6.45) is -0.309. The van der Waals surface area contributed by atoms with Crippen molar-refractivity contribution in [2.24, 2.45) is 0 Å². The van der Waals surface area contributed by atoms with Crippen molar-refractivity contribution >= 4 is 47.9 Å². The molecule has 0 unspecified atom stereocenters. The molecular weight excluding hydrogens is 414 g/mol. The Morgan fingerprint density at radius 1 is 1.30 bits per heavy atom. The quantitative estimate of drug-likeness (QED) is 0.754. The second-order valence-corrected chi connectivity index (χ2v) is 8.45. The van der Waals surface area contributed by atoms with Crippen LogP contribution in [0.2, 0.25) is 0 Å². The fourth-order valence-electron chi connectivity index (χ4n) is 1.67. The number of hydrogen-bond acceptors (Lipinski definition) is 3. The third-order valence-corrected chi connectivity index (χ3v) is 6.02. The number of aryl methyl sites for hydroxylation is 1. The van der Waals surface area contributed by atoms with E-state index in [9.17, 15) is 13.2 Å². The standard InChI is InChI=1S/C12H15Br2NO4S/c1-7-4-9(14)10(5-8(7)13)20(18,19)15-12(2,3)6-11(16)17/h4-5,15H,6H2,1-3H3,(H,16,17). The van der Waals surface area contributed by atoms with Crippen LogP contribution in [0.5, 0.6) is 0 Å². The lowest BCUT2D eigenvalue weighted by Crippen LogP contribution is -2.44. The molecule has 20 heavy (non-hydrogen) atoms. The fourth-order valence-corrected chi connectivity index (χ4v) is 4.76. The molecule has 1 aromatic rings. The largest absolute Gasteiger partial charge is 0.481 e. The number of carboxylic acid groups (broad SMARTS) is 1. The van der Waals surface area contributed by atoms with Crippen LogP contribution in [0.1, 0.15) is 25.8 Å². The van der Waals surface area contributed by atoms with Crippen molar-refractivity contribution in [3.05, 3.63) is 26.6 Å². The summed E-state index contributed by atoms with van der Waals surface area (Å²) >= 11 is 6.50. The molecule has 8 heteroatoms. The first-order valence-electron chi connectivity index (χ1n) is 5.66. The van der Waals surface area contributed by atoms with Crippen molar-refractivity contribution in [3.8, 4) is 0 Å². The van der Waals surface area contributed by atoms with E-state index in [2.05, 4.69) is 36.6 Å². The molecule has 1 aromatic carbocycles. The SMILES string of the molecule is Cc1cc(Br)c(S(=O)(=O)NC(C)(C)CC(=O)O)cc1Br. The van der Waals surface area contributed by atoms with Gasteiger partial charge in [-0.3, -0.25) is 4.79 Å². The van der Waals surface area contributed by atoms with E-state index < -0.39 is 21.5 Å². The van der Waals surface area contributed by atoms with E-state index in [0.717, 1.165) is 5.56 Å². The van der Waals surface area contributed by atoms with Gasteiger partial charge in [-0.2, -0.15) is 0 Å². The summed E-state index contributed by atoms with van der Waals surface area (Å²) < 4.78 is 28.2. The molecular formula is C12H15Br2NO4S. The molecule has 112 valence electrons. The number of rotatable bonds is 5. The number of benzene rings is 1. The topological polar surface area (TPSA) is 83.5 Å². The van der Waals surface area contributed by atoms with E-state index in [-0.39, 0.29) is 11.3 Å². The van der Waals surface area contributed by atoms with Gasteiger partial charge in [0.15, 0.2) is 0 Å². The van der Waals surface area contributed by atoms with Crippen LogP contribution in [0.4, 0.5) is 0 Å². The molecule has 0 atom stereocenters. The Kier molecular flexibility index (Phi) is 5.40. The van der Waals surface area contributed by atoms with E-state index >= 15 is 0 Å². The molecule has 0 amide bonds. The molecule has 5 nitrogen and oxygen atoms in total. The van der Waals surface area contributed by atoms with Gasteiger partial charge < -0.3 is 5.11 Å². The van der Waals surface area contributed by atoms with Gasteiger partial charge in [0, 0.05) is 14.5 Å². The Morgan fingerprint density at radius 2 is 1.85 bits per heavy atom. The molecule has 0 saturated carbocycles. The number of carbonyl (C=O) groups is 1. The zero-order valence-electron chi connectivity index (χ0n) is 11.2. The molecule has 0 aliphatic rings. The number of hydrogen-bond donors (Lipinski definition) is 2. The summed E-state index contributed by atoms with van der Waals surface area (Å²) in [6, 6.07) is 3.17. The van der Waals surface area contributed by atoms with Crippen LogP contribution >= 0.6 is 31.9 Å². The second-order valence-electron chi connectivity index (χ2n) is 5.09. The van der Waals surface area contributed by atoms with E-state index in [1.54, 1.807) is 6.07 Å². The smallest absolute Gasteiger partial charge is 0.305 e. The molecule has 0 heterocycles. The molecule has 0 bridgehead atoms. The van der Waals surface area contributed by atoms with Gasteiger partial charge in [0.05, 0.1) is 11.3 Å². The lowest BCUT2D eigenvalue weighted by atomic mass is 10.0. The average Bonchev–Trinajstić information content (AvgIpc) is 2.19. The highest BCUT2D eigenvalue weighted by molar-refractivity contribution is 9.11. The van der Waals surface area contributed by atoms with Crippen molar-refractivity contribution < 1.29 is 18.3 Å². The lowest BCUT2D eigenvalue weighted by molar-refractivity contribution is -0.138. The van der Waals surface area contributed by atoms with Crippen LogP contribution in [0, 0.1) is 6.92 Å². The minimum Gasteiger partial charge on any atom is -0.481 e. The molecule has 0 aliphatic heterocycles. The van der Waals surface area contributed by atoms with Gasteiger partial charge in [-0.15, -0.1) is 0 Å². The van der Waals surface area contributed by atoms with Crippen LogP contribution in [-0.2, 0) is 14.8 Å². The van der Waals surface area contributed by atoms with Crippen molar-refractivity contribution in [2.75, 3.05) is 0 Å². The van der Waals surface area contributed by atoms with Crippen molar-refractivity contribution in [2.45, 2.75) is 37.6 Å². The maximum Gasteiger partial charge on any atom is 0.305 e. The monoisotopic (exact) mass is 427 g/mol. The van der Waals surface area contributed by atoms with Crippen LogP contribution < -0.4 is 4.72 Å². The van der Waals surface area contributed by atoms with Gasteiger partial charge in [-0.05, 0) is 54.4 Å². The highest BCUT2D eigenvalue weighted by Gasteiger charge is 2.30. The Hall–Kier alpha value is -0.440. The van der Waals surface area contributed by atoms with Gasteiger partial charge in [-0.1, -0.05) is 15.9 Å². The molecule has 1 rings (SSSR count). The maximum atomic E-state index is 12.4. The Bertz CT molecular complexity index is 641. The summed E-state index contributed by atoms with van der Waals surface area (Å²) in [5.74, 6) is -1.07. The van der Waals surface area contributed by atoms with E-state index in [1.165, 1.54) is 19.9 Å². The zero-order valence-corrected chi connectivity index (χ0v) is 15.2. The Balaban J connectivity index is 3.18. The summed E-state index contributed by atoms with van der Waals surface area (Å²) in [6.45, 7) is 4.89. The third-order valence-electron chi connectivity index (χ3n) is 2.51. The molecule has 2 N–H and O–H groups in total. The molecule has 0 aromatic heterocycles. The molecule has 0 fully saturated rings. The minimum absolute atomic E-state index is 0.0634. The molecule has 0 aliphatic carbocycles. The van der Waals surface area contributed by atoms with E-state index in [1.807, 2.05) is 6.92 Å². The Morgan fingerprint density at radius 3 is 2.35 bits per heavy atom. The maximum absolute atomic E-state index is 12.4. The third kappa shape index (κ3) is 4.54. The minimum atomic E-state index is -3.82. The zero-order chi connectivity index (χ0) is 15.7. The van der Waals surface area contributed by atoms with Gasteiger partial charge in [-0.25, -0.2) is 13.1 Å². The second kappa shape index (κ2) is 6.13. The van der Waals surface area contributed by atoms with Gasteiger partial charge in [0.25, 0.3) is 0 Å². The predicted molar refractivity (Wildman–Crippen MR) is 83.2 cm³/mol.